The number of carbonyl (C=O) groups excluding carboxylic acids is 2. The minimum absolute atomic E-state index is 0.262. The number of carbonyl (C=O) groups is 2. The van der Waals surface area contributed by atoms with Gasteiger partial charge in [-0.2, -0.15) is 0 Å². The Morgan fingerprint density at radius 3 is 2.61 bits per heavy atom. The number of aldehydes is 1. The highest BCUT2D eigenvalue weighted by molar-refractivity contribution is 9.10. The second kappa shape index (κ2) is 5.60. The summed E-state index contributed by atoms with van der Waals surface area (Å²) >= 11 is 3.28. The van der Waals surface area contributed by atoms with E-state index in [4.69, 9.17) is 4.74 Å². The molecule has 0 saturated heterocycles. The quantitative estimate of drug-likeness (QED) is 0.495. The van der Waals surface area contributed by atoms with Crippen molar-refractivity contribution in [2.45, 2.75) is 0 Å². The lowest BCUT2D eigenvalue weighted by molar-refractivity contribution is 0.0733. The maximum atomic E-state index is 11.9. The molecule has 18 heavy (non-hydrogen) atoms. The molecule has 0 atom stereocenters. The monoisotopic (exact) mass is 304 g/mol. The molecule has 0 heterocycles. The van der Waals surface area contributed by atoms with E-state index in [0.717, 1.165) is 4.47 Å². The van der Waals surface area contributed by atoms with Crippen molar-refractivity contribution in [3.8, 4) is 5.75 Å². The van der Waals surface area contributed by atoms with Crippen LogP contribution in [0.2, 0.25) is 0 Å². The van der Waals surface area contributed by atoms with E-state index in [0.29, 0.717) is 17.4 Å². The van der Waals surface area contributed by atoms with Crippen LogP contribution in [0.25, 0.3) is 0 Å². The highest BCUT2D eigenvalue weighted by Gasteiger charge is 2.11. The predicted octanol–water partition coefficient (Wildman–Crippen LogP) is 3.48. The fourth-order valence-corrected chi connectivity index (χ4v) is 1.84. The molecule has 0 amide bonds. The Kier molecular flexibility index (Phi) is 3.89. The third-order valence-electron chi connectivity index (χ3n) is 2.31. The maximum Gasteiger partial charge on any atom is 0.343 e. The average Bonchev–Trinajstić information content (AvgIpc) is 2.39. The summed E-state index contributed by atoms with van der Waals surface area (Å²) in [5.74, 6) is -0.233. The summed E-state index contributed by atoms with van der Waals surface area (Å²) in [6.45, 7) is 0. The third kappa shape index (κ3) is 2.84. The highest BCUT2D eigenvalue weighted by atomic mass is 79.9. The van der Waals surface area contributed by atoms with Crippen molar-refractivity contribution < 1.29 is 14.3 Å². The lowest BCUT2D eigenvalue weighted by Gasteiger charge is -2.06. The summed E-state index contributed by atoms with van der Waals surface area (Å²) in [6.07, 6.45) is 0.656. The Bertz CT molecular complexity index is 593. The van der Waals surface area contributed by atoms with Crippen molar-refractivity contribution in [1.29, 1.82) is 0 Å². The molecule has 3 nitrogen and oxygen atoms in total. The summed E-state index contributed by atoms with van der Waals surface area (Å²) in [7, 11) is 0. The molecule has 0 unspecified atom stereocenters. The Labute approximate surface area is 113 Å². The molecule has 0 bridgehead atoms. The van der Waals surface area contributed by atoms with Gasteiger partial charge in [-0.25, -0.2) is 4.79 Å². The number of hydrogen-bond donors (Lipinski definition) is 0. The van der Waals surface area contributed by atoms with Gasteiger partial charge in [-0.1, -0.05) is 34.1 Å². The molecule has 0 aliphatic rings. The lowest BCUT2D eigenvalue weighted by atomic mass is 10.2. The smallest absolute Gasteiger partial charge is 0.343 e. The van der Waals surface area contributed by atoms with Gasteiger partial charge in [-0.3, -0.25) is 4.79 Å². The Hall–Kier alpha value is -1.94. The van der Waals surface area contributed by atoms with Gasteiger partial charge in [0.2, 0.25) is 0 Å². The van der Waals surface area contributed by atoms with Gasteiger partial charge in [-0.05, 0) is 30.3 Å². The normalized spacial score (nSPS) is 9.83. The molecule has 4 heteroatoms. The van der Waals surface area contributed by atoms with Gasteiger partial charge in [0.25, 0.3) is 0 Å². The van der Waals surface area contributed by atoms with E-state index in [9.17, 15) is 9.59 Å². The minimum atomic E-state index is -0.495. The van der Waals surface area contributed by atoms with Gasteiger partial charge in [0.05, 0.1) is 11.1 Å². The maximum absolute atomic E-state index is 11.9. The van der Waals surface area contributed by atoms with Crippen LogP contribution in [0.1, 0.15) is 20.7 Å². The Morgan fingerprint density at radius 1 is 1.11 bits per heavy atom. The second-order valence-electron chi connectivity index (χ2n) is 3.56. The number of hydrogen-bond acceptors (Lipinski definition) is 3. The molecule has 0 aliphatic heterocycles. The first-order chi connectivity index (χ1) is 8.70. The van der Waals surface area contributed by atoms with Crippen LogP contribution in [0, 0.1) is 0 Å². The van der Waals surface area contributed by atoms with Crippen LogP contribution in [-0.2, 0) is 0 Å². The first-order valence-corrected chi connectivity index (χ1v) is 6.02. The summed E-state index contributed by atoms with van der Waals surface area (Å²) in [5.41, 5.74) is 0.769. The standard InChI is InChI=1S/C14H9BrO3/c15-12-6-3-5-10(8-12)14(17)18-13-7-2-1-4-11(13)9-16/h1-9H. The molecule has 2 aromatic carbocycles. The van der Waals surface area contributed by atoms with E-state index in [1.807, 2.05) is 6.07 Å². The van der Waals surface area contributed by atoms with E-state index >= 15 is 0 Å². The molecule has 0 aliphatic carbocycles. The van der Waals surface area contributed by atoms with E-state index < -0.39 is 5.97 Å². The summed E-state index contributed by atoms with van der Waals surface area (Å²) in [6, 6.07) is 13.5. The molecule has 2 aromatic rings. The van der Waals surface area contributed by atoms with Gasteiger partial charge in [0.15, 0.2) is 6.29 Å². The molecule has 2 rings (SSSR count). The van der Waals surface area contributed by atoms with Crippen molar-refractivity contribution in [3.05, 3.63) is 64.1 Å². The molecular weight excluding hydrogens is 296 g/mol. The zero-order chi connectivity index (χ0) is 13.0. The molecule has 0 radical (unpaired) electrons. The average molecular weight is 305 g/mol. The first kappa shape index (κ1) is 12.5. The fourth-order valence-electron chi connectivity index (χ4n) is 1.45. The number of ether oxygens (including phenoxy) is 1. The number of para-hydroxylation sites is 1. The largest absolute Gasteiger partial charge is 0.422 e. The van der Waals surface area contributed by atoms with E-state index in [-0.39, 0.29) is 5.75 Å². The van der Waals surface area contributed by atoms with Crippen LogP contribution in [0.5, 0.6) is 5.75 Å². The lowest BCUT2D eigenvalue weighted by Crippen LogP contribution is -2.09. The third-order valence-corrected chi connectivity index (χ3v) is 2.80. The van der Waals surface area contributed by atoms with Crippen LogP contribution < -0.4 is 4.74 Å². The van der Waals surface area contributed by atoms with Crippen LogP contribution in [0.3, 0.4) is 0 Å². The molecular formula is C14H9BrO3. The van der Waals surface area contributed by atoms with Gasteiger partial charge in [-0.15, -0.1) is 0 Å². The summed E-state index contributed by atoms with van der Waals surface area (Å²) in [4.78, 5) is 22.7. The van der Waals surface area contributed by atoms with Gasteiger partial charge in [0.1, 0.15) is 5.75 Å². The topological polar surface area (TPSA) is 43.4 Å². The first-order valence-electron chi connectivity index (χ1n) is 5.22. The van der Waals surface area contributed by atoms with Crippen molar-refractivity contribution in [3.63, 3.8) is 0 Å². The SMILES string of the molecule is O=Cc1ccccc1OC(=O)c1cccc(Br)c1. The molecule has 0 fully saturated rings. The van der Waals surface area contributed by atoms with Crippen LogP contribution in [0.15, 0.2) is 53.0 Å². The van der Waals surface area contributed by atoms with Crippen molar-refractivity contribution in [2.24, 2.45) is 0 Å². The Balaban J connectivity index is 2.24. The van der Waals surface area contributed by atoms with Crippen molar-refractivity contribution in [2.75, 3.05) is 0 Å². The minimum Gasteiger partial charge on any atom is -0.422 e. The summed E-state index contributed by atoms with van der Waals surface area (Å²) < 4.78 is 5.98. The number of halogens is 1. The van der Waals surface area contributed by atoms with Crippen molar-refractivity contribution >= 4 is 28.2 Å². The van der Waals surface area contributed by atoms with E-state index in [1.165, 1.54) is 0 Å². The van der Waals surface area contributed by atoms with Crippen LogP contribution in [-0.4, -0.2) is 12.3 Å². The van der Waals surface area contributed by atoms with E-state index in [1.54, 1.807) is 42.5 Å². The van der Waals surface area contributed by atoms with Crippen LogP contribution in [0.4, 0.5) is 0 Å². The van der Waals surface area contributed by atoms with Gasteiger partial charge in [0, 0.05) is 4.47 Å². The zero-order valence-corrected chi connectivity index (χ0v) is 10.9. The predicted molar refractivity (Wildman–Crippen MR) is 70.9 cm³/mol. The van der Waals surface area contributed by atoms with Crippen LogP contribution >= 0.6 is 15.9 Å². The number of esters is 1. The van der Waals surface area contributed by atoms with Gasteiger partial charge < -0.3 is 4.74 Å². The molecule has 0 saturated carbocycles. The van der Waals surface area contributed by atoms with Crippen molar-refractivity contribution in [1.82, 2.24) is 0 Å². The summed E-state index contributed by atoms with van der Waals surface area (Å²) in [5, 5.41) is 0. The number of benzene rings is 2. The Morgan fingerprint density at radius 2 is 1.89 bits per heavy atom. The van der Waals surface area contributed by atoms with E-state index in [2.05, 4.69) is 15.9 Å². The molecule has 0 aromatic heterocycles. The zero-order valence-electron chi connectivity index (χ0n) is 9.30. The number of rotatable bonds is 3. The molecule has 90 valence electrons. The molecule has 0 spiro atoms. The second-order valence-corrected chi connectivity index (χ2v) is 4.47. The molecule has 0 N–H and O–H groups in total. The highest BCUT2D eigenvalue weighted by Crippen LogP contribution is 2.18. The fraction of sp³-hybridized carbons (Fsp3) is 0. The van der Waals surface area contributed by atoms with Gasteiger partial charge >= 0.3 is 5.97 Å².